The highest BCUT2D eigenvalue weighted by Gasteiger charge is 2.27. The number of amides is 1. The van der Waals surface area contributed by atoms with Crippen molar-refractivity contribution in [1.82, 2.24) is 4.90 Å². The minimum atomic E-state index is -0.852. The number of nitrogens with zero attached hydrogens (tertiary/aromatic N) is 1. The van der Waals surface area contributed by atoms with Crippen LogP contribution in [0.3, 0.4) is 0 Å². The Morgan fingerprint density at radius 2 is 1.80 bits per heavy atom. The van der Waals surface area contributed by atoms with E-state index in [4.69, 9.17) is 14.1 Å². The summed E-state index contributed by atoms with van der Waals surface area (Å²) in [4.78, 5) is 14.2. The Hall–Kier alpha value is -2.35. The van der Waals surface area contributed by atoms with Gasteiger partial charge < -0.3 is 24.1 Å². The van der Waals surface area contributed by atoms with Gasteiger partial charge in [-0.2, -0.15) is 0 Å². The van der Waals surface area contributed by atoms with Gasteiger partial charge in [0.1, 0.15) is 11.5 Å². The van der Waals surface area contributed by atoms with Gasteiger partial charge in [-0.25, -0.2) is 0 Å². The molecule has 1 N–H and O–H groups in total. The van der Waals surface area contributed by atoms with E-state index >= 15 is 0 Å². The molecule has 2 aromatic rings. The number of ether oxygens (including phenoxy) is 2. The summed E-state index contributed by atoms with van der Waals surface area (Å²) in [5.41, 5.74) is 2.34. The molecule has 4 rings (SSSR count). The Morgan fingerprint density at radius 1 is 1.08 bits per heavy atom. The fraction of sp³-hybridized carbons (Fsp3) is 0.278. The van der Waals surface area contributed by atoms with E-state index in [-0.39, 0.29) is 5.91 Å². The Kier molecular flexibility index (Phi) is 4.44. The average Bonchev–Trinajstić information content (AvgIpc) is 3.03. The zero-order chi connectivity index (χ0) is 17.2. The maximum atomic E-state index is 12.4. The van der Waals surface area contributed by atoms with Crippen LogP contribution in [0, 0.1) is 0 Å². The molecule has 25 heavy (non-hydrogen) atoms. The van der Waals surface area contributed by atoms with Crippen LogP contribution < -0.4 is 10.2 Å². The monoisotopic (exact) mass is 339 g/mol. The van der Waals surface area contributed by atoms with Gasteiger partial charge in [-0.05, 0) is 47.4 Å². The molecule has 0 saturated carbocycles. The number of hydrogen-bond donors (Lipinski definition) is 1. The molecule has 0 radical (unpaired) electrons. The molecule has 1 amide bonds. The van der Waals surface area contributed by atoms with E-state index in [1.807, 2.05) is 6.07 Å². The molecule has 0 atom stereocenters. The molecule has 0 aliphatic carbocycles. The third kappa shape index (κ3) is 3.39. The van der Waals surface area contributed by atoms with Crippen LogP contribution in [-0.4, -0.2) is 49.3 Å². The maximum Gasteiger partial charge on any atom is 0.491 e. The zero-order valence-electron chi connectivity index (χ0n) is 13.7. The normalized spacial score (nSPS) is 16.7. The van der Waals surface area contributed by atoms with Gasteiger partial charge in [-0.15, -0.1) is 0 Å². The minimum absolute atomic E-state index is 0.0125. The Bertz CT molecular complexity index is 774. The van der Waals surface area contributed by atoms with Crippen LogP contribution in [0.4, 0.5) is 0 Å². The molecular formula is C18H18BNO5. The Balaban J connectivity index is 1.45. The number of rotatable bonds is 3. The second-order valence-corrected chi connectivity index (χ2v) is 6.05. The van der Waals surface area contributed by atoms with Crippen molar-refractivity contribution in [2.75, 3.05) is 26.3 Å². The molecule has 0 unspecified atom stereocenters. The first-order chi connectivity index (χ1) is 12.2. The number of morpholine rings is 1. The van der Waals surface area contributed by atoms with Gasteiger partial charge in [0.25, 0.3) is 5.91 Å². The summed E-state index contributed by atoms with van der Waals surface area (Å²) in [6.45, 7) is 2.80. The first kappa shape index (κ1) is 16.1. The third-order valence-corrected chi connectivity index (χ3v) is 4.41. The molecule has 1 saturated heterocycles. The number of fused-ring (bicyclic) bond motifs is 1. The van der Waals surface area contributed by atoms with Crippen LogP contribution in [0.1, 0.15) is 15.9 Å². The van der Waals surface area contributed by atoms with Gasteiger partial charge in [-0.1, -0.05) is 6.07 Å². The van der Waals surface area contributed by atoms with Crippen LogP contribution in [-0.2, 0) is 16.0 Å². The van der Waals surface area contributed by atoms with Crippen LogP contribution in [0.5, 0.6) is 11.5 Å². The lowest BCUT2D eigenvalue weighted by Crippen LogP contribution is -2.40. The molecular weight excluding hydrogens is 321 g/mol. The lowest BCUT2D eigenvalue weighted by atomic mass is 9.80. The lowest BCUT2D eigenvalue weighted by Gasteiger charge is -2.26. The highest BCUT2D eigenvalue weighted by molar-refractivity contribution is 6.61. The highest BCUT2D eigenvalue weighted by Crippen LogP contribution is 2.24. The third-order valence-electron chi connectivity index (χ3n) is 4.41. The summed E-state index contributed by atoms with van der Waals surface area (Å²) < 4.78 is 16.3. The fourth-order valence-electron chi connectivity index (χ4n) is 3.02. The van der Waals surface area contributed by atoms with E-state index in [2.05, 4.69) is 0 Å². The van der Waals surface area contributed by atoms with E-state index in [0.717, 1.165) is 11.0 Å². The van der Waals surface area contributed by atoms with Crippen LogP contribution >= 0.6 is 0 Å². The summed E-state index contributed by atoms with van der Waals surface area (Å²) in [6.07, 6.45) is 0. The minimum Gasteiger partial charge on any atom is -0.457 e. The molecule has 2 aliphatic rings. The molecule has 0 bridgehead atoms. The van der Waals surface area contributed by atoms with Gasteiger partial charge >= 0.3 is 7.12 Å². The van der Waals surface area contributed by atoms with Crippen molar-refractivity contribution in [3.63, 3.8) is 0 Å². The van der Waals surface area contributed by atoms with E-state index in [1.54, 1.807) is 41.3 Å². The smallest absolute Gasteiger partial charge is 0.457 e. The zero-order valence-corrected chi connectivity index (χ0v) is 13.7. The number of benzene rings is 2. The number of carbonyl (C=O) groups is 1. The van der Waals surface area contributed by atoms with Gasteiger partial charge in [-0.3, -0.25) is 4.79 Å². The standard InChI is InChI=1S/C18H18BNO5/c21-18(20-7-9-23-10-8-20)13-1-3-15(4-2-13)25-16-5-6-17-14(11-16)12-24-19(17)22/h1-6,11,22H,7-10,12H2. The van der Waals surface area contributed by atoms with Gasteiger partial charge in [0.05, 0.1) is 19.8 Å². The second kappa shape index (κ2) is 6.88. The molecule has 0 aromatic heterocycles. The van der Waals surface area contributed by atoms with Crippen molar-refractivity contribution in [2.45, 2.75) is 6.61 Å². The van der Waals surface area contributed by atoms with Crippen molar-refractivity contribution in [3.8, 4) is 11.5 Å². The van der Waals surface area contributed by atoms with Gasteiger partial charge in [0.2, 0.25) is 0 Å². The molecule has 128 valence electrons. The summed E-state index contributed by atoms with van der Waals surface area (Å²) in [7, 11) is -0.852. The molecule has 2 aromatic carbocycles. The van der Waals surface area contributed by atoms with E-state index in [1.165, 1.54) is 0 Å². The van der Waals surface area contributed by atoms with Crippen molar-refractivity contribution in [1.29, 1.82) is 0 Å². The number of hydrogen-bond acceptors (Lipinski definition) is 5. The SMILES string of the molecule is O=C(c1ccc(Oc2ccc3c(c2)COB3O)cc1)N1CCOCC1. The summed E-state index contributed by atoms with van der Waals surface area (Å²) in [5.74, 6) is 1.33. The molecule has 7 heteroatoms. The van der Waals surface area contributed by atoms with E-state index in [0.29, 0.717) is 50.0 Å². The summed E-state index contributed by atoms with van der Waals surface area (Å²) in [5, 5.41) is 9.65. The van der Waals surface area contributed by atoms with Crippen molar-refractivity contribution in [3.05, 3.63) is 53.6 Å². The largest absolute Gasteiger partial charge is 0.491 e. The van der Waals surface area contributed by atoms with Crippen LogP contribution in [0.2, 0.25) is 0 Å². The predicted octanol–water partition coefficient (Wildman–Crippen LogP) is 1.17. The van der Waals surface area contributed by atoms with E-state index in [9.17, 15) is 9.82 Å². The van der Waals surface area contributed by atoms with Crippen LogP contribution in [0.15, 0.2) is 42.5 Å². The average molecular weight is 339 g/mol. The molecule has 2 aliphatic heterocycles. The Labute approximate surface area is 146 Å². The van der Waals surface area contributed by atoms with Gasteiger partial charge in [0, 0.05) is 18.7 Å². The van der Waals surface area contributed by atoms with Crippen molar-refractivity contribution >= 4 is 18.5 Å². The first-order valence-corrected chi connectivity index (χ1v) is 8.28. The summed E-state index contributed by atoms with van der Waals surface area (Å²) >= 11 is 0. The quantitative estimate of drug-likeness (QED) is 0.851. The topological polar surface area (TPSA) is 68.2 Å². The lowest BCUT2D eigenvalue weighted by molar-refractivity contribution is 0.0303. The maximum absolute atomic E-state index is 12.4. The highest BCUT2D eigenvalue weighted by atomic mass is 16.5. The van der Waals surface area contributed by atoms with E-state index < -0.39 is 7.12 Å². The molecule has 1 fully saturated rings. The molecule has 0 spiro atoms. The van der Waals surface area contributed by atoms with Gasteiger partial charge in [0.15, 0.2) is 0 Å². The first-order valence-electron chi connectivity index (χ1n) is 8.28. The van der Waals surface area contributed by atoms with Crippen LogP contribution in [0.25, 0.3) is 0 Å². The predicted molar refractivity (Wildman–Crippen MR) is 92.1 cm³/mol. The molecule has 2 heterocycles. The van der Waals surface area contributed by atoms with Crippen molar-refractivity contribution in [2.24, 2.45) is 0 Å². The summed E-state index contributed by atoms with van der Waals surface area (Å²) in [6, 6.07) is 12.6. The molecule has 6 nitrogen and oxygen atoms in total. The Morgan fingerprint density at radius 3 is 2.56 bits per heavy atom. The number of carbonyl (C=O) groups excluding carboxylic acids is 1. The second-order valence-electron chi connectivity index (χ2n) is 6.05. The van der Waals surface area contributed by atoms with Crippen molar-refractivity contribution < 1.29 is 23.9 Å². The fourth-order valence-corrected chi connectivity index (χ4v) is 3.02.